The molecule has 4 nitrogen and oxygen atoms in total. The molecule has 0 saturated heterocycles. The molecular formula is C15H16BrFN2O2. The van der Waals surface area contributed by atoms with E-state index in [2.05, 4.69) is 21.2 Å². The number of methoxy groups -OCH3 is 1. The van der Waals surface area contributed by atoms with Crippen LogP contribution < -0.4 is 10.1 Å². The van der Waals surface area contributed by atoms with Gasteiger partial charge in [-0.2, -0.15) is 0 Å². The predicted octanol–water partition coefficient (Wildman–Crippen LogP) is 3.43. The van der Waals surface area contributed by atoms with Crippen molar-refractivity contribution in [2.24, 2.45) is 7.05 Å². The molecule has 1 amide bonds. The Labute approximate surface area is 131 Å². The number of aromatic nitrogens is 1. The van der Waals surface area contributed by atoms with Gasteiger partial charge in [0.2, 0.25) is 0 Å². The van der Waals surface area contributed by atoms with Gasteiger partial charge >= 0.3 is 0 Å². The Morgan fingerprint density at radius 3 is 2.71 bits per heavy atom. The number of amides is 1. The molecule has 21 heavy (non-hydrogen) atoms. The van der Waals surface area contributed by atoms with Gasteiger partial charge < -0.3 is 14.6 Å². The molecule has 6 heteroatoms. The first-order valence-corrected chi connectivity index (χ1v) is 7.18. The Kier molecular flexibility index (Phi) is 4.67. The number of carbonyl (C=O) groups is 1. The van der Waals surface area contributed by atoms with Crippen molar-refractivity contribution >= 4 is 21.8 Å². The van der Waals surface area contributed by atoms with E-state index in [9.17, 15) is 9.18 Å². The zero-order valence-electron chi connectivity index (χ0n) is 12.0. The second-order valence-electron chi connectivity index (χ2n) is 4.74. The van der Waals surface area contributed by atoms with E-state index in [1.54, 1.807) is 36.9 Å². The number of nitrogens with one attached hydrogen (secondary N) is 1. The fraction of sp³-hybridized carbons (Fsp3) is 0.267. The molecule has 2 aromatic rings. The van der Waals surface area contributed by atoms with Crippen LogP contribution in [0.4, 0.5) is 4.39 Å². The molecule has 1 unspecified atom stereocenters. The number of benzene rings is 1. The van der Waals surface area contributed by atoms with Gasteiger partial charge in [0.05, 0.1) is 13.2 Å². The van der Waals surface area contributed by atoms with Crippen molar-refractivity contribution in [3.05, 3.63) is 52.0 Å². The summed E-state index contributed by atoms with van der Waals surface area (Å²) in [6.07, 6.45) is 1.79. The summed E-state index contributed by atoms with van der Waals surface area (Å²) in [4.78, 5) is 12.3. The number of aryl methyl sites for hydroxylation is 1. The lowest BCUT2D eigenvalue weighted by Gasteiger charge is -2.17. The van der Waals surface area contributed by atoms with Gasteiger partial charge in [-0.25, -0.2) is 4.39 Å². The van der Waals surface area contributed by atoms with E-state index < -0.39 is 0 Å². The van der Waals surface area contributed by atoms with Gasteiger partial charge in [0.25, 0.3) is 5.91 Å². The SMILES string of the molecule is COc1ccc(F)cc1C(C)NC(=O)c1cc(Br)cn1C. The third kappa shape index (κ3) is 3.44. The molecule has 1 atom stereocenters. The van der Waals surface area contributed by atoms with Crippen LogP contribution in [0.1, 0.15) is 29.0 Å². The number of carbonyl (C=O) groups excluding carboxylic acids is 1. The molecule has 1 aromatic carbocycles. The van der Waals surface area contributed by atoms with E-state index in [-0.39, 0.29) is 17.8 Å². The predicted molar refractivity (Wildman–Crippen MR) is 81.9 cm³/mol. The Morgan fingerprint density at radius 2 is 2.14 bits per heavy atom. The van der Waals surface area contributed by atoms with Crippen LogP contribution in [0.2, 0.25) is 0 Å². The number of halogens is 2. The monoisotopic (exact) mass is 354 g/mol. The van der Waals surface area contributed by atoms with Crippen LogP contribution in [-0.4, -0.2) is 17.6 Å². The molecule has 0 fully saturated rings. The summed E-state index contributed by atoms with van der Waals surface area (Å²) in [5.74, 6) is -0.0622. The lowest BCUT2D eigenvalue weighted by atomic mass is 10.1. The quantitative estimate of drug-likeness (QED) is 0.913. The highest BCUT2D eigenvalue weighted by atomic mass is 79.9. The highest BCUT2D eigenvalue weighted by molar-refractivity contribution is 9.10. The largest absolute Gasteiger partial charge is 0.496 e. The van der Waals surface area contributed by atoms with Crippen LogP contribution in [0.5, 0.6) is 5.75 Å². The lowest BCUT2D eigenvalue weighted by molar-refractivity contribution is 0.0931. The van der Waals surface area contributed by atoms with Crippen LogP contribution in [0.15, 0.2) is 34.9 Å². The molecule has 2 rings (SSSR count). The zero-order chi connectivity index (χ0) is 15.6. The van der Waals surface area contributed by atoms with E-state index in [0.29, 0.717) is 17.0 Å². The van der Waals surface area contributed by atoms with Crippen molar-refractivity contribution in [1.29, 1.82) is 0 Å². The van der Waals surface area contributed by atoms with Crippen molar-refractivity contribution in [2.75, 3.05) is 7.11 Å². The maximum absolute atomic E-state index is 13.4. The van der Waals surface area contributed by atoms with Crippen molar-refractivity contribution in [1.82, 2.24) is 9.88 Å². The van der Waals surface area contributed by atoms with Gasteiger partial charge in [-0.15, -0.1) is 0 Å². The summed E-state index contributed by atoms with van der Waals surface area (Å²) in [5, 5.41) is 2.84. The van der Waals surface area contributed by atoms with Crippen LogP contribution in [0.25, 0.3) is 0 Å². The van der Waals surface area contributed by atoms with E-state index >= 15 is 0 Å². The first kappa shape index (κ1) is 15.6. The Balaban J connectivity index is 2.21. The molecule has 0 aliphatic heterocycles. The molecular weight excluding hydrogens is 339 g/mol. The summed E-state index contributed by atoms with van der Waals surface area (Å²) < 4.78 is 21.1. The minimum Gasteiger partial charge on any atom is -0.496 e. The molecule has 0 aliphatic rings. The number of hydrogen-bond acceptors (Lipinski definition) is 2. The maximum atomic E-state index is 13.4. The van der Waals surface area contributed by atoms with Crippen LogP contribution >= 0.6 is 15.9 Å². The van der Waals surface area contributed by atoms with Crippen LogP contribution in [0.3, 0.4) is 0 Å². The summed E-state index contributed by atoms with van der Waals surface area (Å²) >= 11 is 3.32. The third-order valence-corrected chi connectivity index (χ3v) is 3.64. The molecule has 112 valence electrons. The van der Waals surface area contributed by atoms with E-state index in [4.69, 9.17) is 4.74 Å². The number of hydrogen-bond donors (Lipinski definition) is 1. The summed E-state index contributed by atoms with van der Waals surface area (Å²) in [6.45, 7) is 1.78. The Morgan fingerprint density at radius 1 is 1.43 bits per heavy atom. The van der Waals surface area contributed by atoms with Crippen LogP contribution in [0, 0.1) is 5.82 Å². The fourth-order valence-electron chi connectivity index (χ4n) is 2.14. The second-order valence-corrected chi connectivity index (χ2v) is 5.65. The van der Waals surface area contributed by atoms with E-state index in [0.717, 1.165) is 4.47 Å². The van der Waals surface area contributed by atoms with Gasteiger partial charge in [0, 0.05) is 23.3 Å². The zero-order valence-corrected chi connectivity index (χ0v) is 13.6. The second kappa shape index (κ2) is 6.30. The molecule has 0 bridgehead atoms. The normalized spacial score (nSPS) is 12.0. The van der Waals surface area contributed by atoms with Gasteiger partial charge in [-0.3, -0.25) is 4.79 Å². The average Bonchev–Trinajstić information content (AvgIpc) is 2.77. The third-order valence-electron chi connectivity index (χ3n) is 3.21. The van der Waals surface area contributed by atoms with Crippen LogP contribution in [-0.2, 0) is 7.05 Å². The topological polar surface area (TPSA) is 43.3 Å². The van der Waals surface area contributed by atoms with Gasteiger partial charge in [0.15, 0.2) is 0 Å². The molecule has 1 aromatic heterocycles. The van der Waals surface area contributed by atoms with E-state index in [1.165, 1.54) is 19.2 Å². The lowest BCUT2D eigenvalue weighted by Crippen LogP contribution is -2.28. The summed E-state index contributed by atoms with van der Waals surface area (Å²) in [5.41, 5.74) is 1.11. The van der Waals surface area contributed by atoms with Crippen molar-refractivity contribution in [2.45, 2.75) is 13.0 Å². The standard InChI is InChI=1S/C15H16BrFN2O2/c1-9(12-7-11(17)4-5-14(12)21-3)18-15(20)13-6-10(16)8-19(13)2/h4-9H,1-3H3,(H,18,20). The number of rotatable bonds is 4. The van der Waals surface area contributed by atoms with Crippen molar-refractivity contribution in [3.63, 3.8) is 0 Å². The molecule has 0 radical (unpaired) electrons. The van der Waals surface area contributed by atoms with Gasteiger partial charge in [-0.05, 0) is 47.1 Å². The smallest absolute Gasteiger partial charge is 0.268 e. The number of nitrogens with zero attached hydrogens (tertiary/aromatic N) is 1. The highest BCUT2D eigenvalue weighted by Gasteiger charge is 2.18. The minimum atomic E-state index is -0.378. The average molecular weight is 355 g/mol. The van der Waals surface area contributed by atoms with E-state index in [1.807, 2.05) is 0 Å². The van der Waals surface area contributed by atoms with Gasteiger partial charge in [0.1, 0.15) is 17.3 Å². The van der Waals surface area contributed by atoms with Crippen molar-refractivity contribution in [3.8, 4) is 5.75 Å². The Hall–Kier alpha value is -1.82. The Bertz CT molecular complexity index is 670. The maximum Gasteiger partial charge on any atom is 0.268 e. The van der Waals surface area contributed by atoms with Crippen molar-refractivity contribution < 1.29 is 13.9 Å². The van der Waals surface area contributed by atoms with Gasteiger partial charge in [-0.1, -0.05) is 0 Å². The molecule has 0 saturated carbocycles. The first-order valence-electron chi connectivity index (χ1n) is 6.38. The summed E-state index contributed by atoms with van der Waals surface area (Å²) in [6, 6.07) is 5.59. The molecule has 0 spiro atoms. The molecule has 1 N–H and O–H groups in total. The molecule has 0 aliphatic carbocycles. The fourth-order valence-corrected chi connectivity index (χ4v) is 2.67. The first-order chi connectivity index (χ1) is 9.92. The molecule has 1 heterocycles. The highest BCUT2D eigenvalue weighted by Crippen LogP contribution is 2.26. The minimum absolute atomic E-state index is 0.234. The number of ether oxygens (including phenoxy) is 1. The summed E-state index contributed by atoms with van der Waals surface area (Å²) in [7, 11) is 3.30.